The zero-order valence-electron chi connectivity index (χ0n) is 18.6. The molecule has 0 aromatic carbocycles. The van der Waals surface area contributed by atoms with Crippen molar-refractivity contribution >= 4 is 23.2 Å². The summed E-state index contributed by atoms with van der Waals surface area (Å²) in [5, 5.41) is 18.0. The molecule has 4 heterocycles. The first-order valence-corrected chi connectivity index (χ1v) is 12.0. The third-order valence-corrected chi connectivity index (χ3v) is 7.72. The molecule has 2 bridgehead atoms. The van der Waals surface area contributed by atoms with E-state index in [9.17, 15) is 4.79 Å². The van der Waals surface area contributed by atoms with Gasteiger partial charge >= 0.3 is 6.09 Å². The minimum atomic E-state index is -1.49. The molecular formula is C23H26FN7O3. The van der Waals surface area contributed by atoms with Gasteiger partial charge < -0.3 is 20.1 Å². The van der Waals surface area contributed by atoms with Crippen LogP contribution in [0.4, 0.5) is 20.8 Å². The molecule has 3 saturated carbocycles. The van der Waals surface area contributed by atoms with Crippen LogP contribution in [0.25, 0.3) is 5.52 Å². The lowest BCUT2D eigenvalue weighted by Crippen LogP contribution is -2.68. The Morgan fingerprint density at radius 1 is 1.29 bits per heavy atom. The quantitative estimate of drug-likeness (QED) is 0.528. The van der Waals surface area contributed by atoms with E-state index in [-0.39, 0.29) is 12.1 Å². The molecule has 11 heteroatoms. The third-order valence-electron chi connectivity index (χ3n) is 7.72. The van der Waals surface area contributed by atoms with Crippen LogP contribution in [0.3, 0.4) is 0 Å². The van der Waals surface area contributed by atoms with E-state index in [1.54, 1.807) is 12.3 Å². The Balaban J connectivity index is 1.04. The average Bonchev–Trinajstić information content (AvgIpc) is 3.48. The minimum Gasteiger partial charge on any atom is -0.441 e. The Morgan fingerprint density at radius 3 is 2.97 bits per heavy atom. The van der Waals surface area contributed by atoms with E-state index in [1.807, 2.05) is 10.7 Å². The maximum absolute atomic E-state index is 15.1. The summed E-state index contributed by atoms with van der Waals surface area (Å²) < 4.78 is 27.9. The molecule has 0 radical (unpaired) electrons. The van der Waals surface area contributed by atoms with Crippen molar-refractivity contribution in [2.45, 2.75) is 68.9 Å². The van der Waals surface area contributed by atoms with E-state index in [2.05, 4.69) is 25.8 Å². The maximum atomic E-state index is 15.1. The zero-order valence-corrected chi connectivity index (χ0v) is 18.6. The first kappa shape index (κ1) is 20.2. The molecular weight excluding hydrogens is 441 g/mol. The number of amides is 1. The van der Waals surface area contributed by atoms with Crippen LogP contribution < -0.4 is 10.6 Å². The number of alkyl halides is 1. The molecule has 8 rings (SSSR count). The number of aryl methyl sites for hydroxylation is 2. The molecule has 0 spiro atoms. The van der Waals surface area contributed by atoms with E-state index in [1.165, 1.54) is 5.56 Å². The molecule has 4 fully saturated rings. The van der Waals surface area contributed by atoms with Crippen molar-refractivity contribution in [1.29, 1.82) is 0 Å². The Labute approximate surface area is 194 Å². The smallest absolute Gasteiger partial charge is 0.408 e. The lowest BCUT2D eigenvalue weighted by Gasteiger charge is -2.61. The van der Waals surface area contributed by atoms with Gasteiger partial charge in [-0.05, 0) is 50.9 Å². The molecule has 34 heavy (non-hydrogen) atoms. The lowest BCUT2D eigenvalue weighted by atomic mass is 9.50. The molecule has 3 aromatic rings. The van der Waals surface area contributed by atoms with Crippen molar-refractivity contribution < 1.29 is 18.7 Å². The molecule has 3 atom stereocenters. The van der Waals surface area contributed by atoms with Gasteiger partial charge in [0, 0.05) is 29.6 Å². The topological polar surface area (TPSA) is 118 Å². The number of aromatic amines is 1. The van der Waals surface area contributed by atoms with Gasteiger partial charge in [0.25, 0.3) is 0 Å². The average molecular weight is 468 g/mol. The summed E-state index contributed by atoms with van der Waals surface area (Å²) in [6.07, 6.45) is 6.87. The molecule has 3 N–H and O–H groups in total. The SMILES string of the molecule is O=C(NC12CC(C1)C2)O[C@H]1CO[C@@H](c2cc(Nc3nccn4nc5c(c34)CCCC5)n[nH]2)[C@@H]1F. The number of aromatic nitrogens is 5. The van der Waals surface area contributed by atoms with Crippen LogP contribution in [0.15, 0.2) is 18.5 Å². The fourth-order valence-electron chi connectivity index (χ4n) is 5.88. The van der Waals surface area contributed by atoms with Gasteiger partial charge in [0.1, 0.15) is 11.6 Å². The second-order valence-electron chi connectivity index (χ2n) is 10.1. The van der Waals surface area contributed by atoms with Crippen LogP contribution >= 0.6 is 0 Å². The van der Waals surface area contributed by atoms with E-state index in [0.29, 0.717) is 17.3 Å². The van der Waals surface area contributed by atoms with Crippen LogP contribution in [-0.2, 0) is 22.3 Å². The van der Waals surface area contributed by atoms with Crippen molar-refractivity contribution in [2.24, 2.45) is 5.92 Å². The predicted molar refractivity (Wildman–Crippen MR) is 119 cm³/mol. The number of ether oxygens (including phenoxy) is 2. The number of nitrogens with zero attached hydrogens (tertiary/aromatic N) is 4. The zero-order chi connectivity index (χ0) is 22.9. The molecule has 0 unspecified atom stereocenters. The summed E-state index contributed by atoms with van der Waals surface area (Å²) in [6.45, 7) is -0.000511. The van der Waals surface area contributed by atoms with Gasteiger partial charge in [-0.15, -0.1) is 0 Å². The number of halogens is 1. The fraction of sp³-hybridized carbons (Fsp3) is 0.565. The molecule has 1 amide bonds. The Bertz CT molecular complexity index is 1260. The van der Waals surface area contributed by atoms with E-state index in [0.717, 1.165) is 62.1 Å². The molecule has 3 aromatic heterocycles. The van der Waals surface area contributed by atoms with Crippen LogP contribution in [0.2, 0.25) is 0 Å². The summed E-state index contributed by atoms with van der Waals surface area (Å²) >= 11 is 0. The van der Waals surface area contributed by atoms with E-state index < -0.39 is 24.5 Å². The molecule has 10 nitrogen and oxygen atoms in total. The number of hydrogen-bond donors (Lipinski definition) is 3. The van der Waals surface area contributed by atoms with Crippen molar-refractivity contribution in [3.63, 3.8) is 0 Å². The second kappa shape index (κ2) is 7.39. The number of fused-ring (bicyclic) bond motifs is 3. The first-order chi connectivity index (χ1) is 16.6. The number of nitrogens with one attached hydrogen (secondary N) is 3. The first-order valence-electron chi connectivity index (χ1n) is 12.0. The minimum absolute atomic E-state index is 0.000511. The fourth-order valence-corrected chi connectivity index (χ4v) is 5.88. The van der Waals surface area contributed by atoms with Crippen molar-refractivity contribution in [3.8, 4) is 0 Å². The molecule has 4 aliphatic carbocycles. The van der Waals surface area contributed by atoms with Crippen molar-refractivity contribution in [2.75, 3.05) is 11.9 Å². The van der Waals surface area contributed by atoms with Gasteiger partial charge in [0.05, 0.1) is 18.0 Å². The summed E-state index contributed by atoms with van der Waals surface area (Å²) in [4.78, 5) is 16.7. The van der Waals surface area contributed by atoms with Crippen LogP contribution in [0, 0.1) is 5.92 Å². The predicted octanol–water partition coefficient (Wildman–Crippen LogP) is 3.13. The number of anilines is 2. The second-order valence-corrected chi connectivity index (χ2v) is 10.1. The van der Waals surface area contributed by atoms with Crippen molar-refractivity contribution in [3.05, 3.63) is 35.4 Å². The number of hydrogen-bond acceptors (Lipinski definition) is 7. The highest BCUT2D eigenvalue weighted by Gasteiger charge is 2.58. The van der Waals surface area contributed by atoms with Gasteiger partial charge in [0.15, 0.2) is 23.9 Å². The number of carbonyl (C=O) groups excluding carboxylic acids is 1. The standard InChI is InChI=1S/C23H26FN7O3/c24-18-16(34-22(32)27-23-8-12(9-23)10-23)11-33-20(18)15-7-17(29-28-15)26-21-19-13-3-1-2-4-14(13)30-31(19)6-5-25-21/h5-7,12,16,18,20H,1-4,8-11H2,(H,27,32)(H2,25,26,28,29)/t12?,16-,18+,20-,23?/m0/s1. The Kier molecular flexibility index (Phi) is 4.39. The Morgan fingerprint density at radius 2 is 2.15 bits per heavy atom. The highest BCUT2D eigenvalue weighted by molar-refractivity contribution is 5.76. The summed E-state index contributed by atoms with van der Waals surface area (Å²) in [5.74, 6) is 1.90. The number of alkyl carbamates (subject to hydrolysis) is 1. The van der Waals surface area contributed by atoms with E-state index >= 15 is 4.39 Å². The number of rotatable bonds is 5. The van der Waals surface area contributed by atoms with Gasteiger partial charge in [-0.25, -0.2) is 18.7 Å². The third kappa shape index (κ3) is 3.17. The van der Waals surface area contributed by atoms with Crippen LogP contribution in [0.5, 0.6) is 0 Å². The van der Waals surface area contributed by atoms with Crippen LogP contribution in [-0.4, -0.2) is 55.3 Å². The summed E-state index contributed by atoms with van der Waals surface area (Å²) in [5.41, 5.74) is 3.66. The van der Waals surface area contributed by atoms with E-state index in [4.69, 9.17) is 14.6 Å². The molecule has 1 aliphatic heterocycles. The van der Waals surface area contributed by atoms with Crippen molar-refractivity contribution in [1.82, 2.24) is 30.1 Å². The normalized spacial score (nSPS) is 31.4. The van der Waals surface area contributed by atoms with Gasteiger partial charge in [0.2, 0.25) is 0 Å². The molecule has 1 saturated heterocycles. The van der Waals surface area contributed by atoms with Crippen LogP contribution in [0.1, 0.15) is 55.2 Å². The monoisotopic (exact) mass is 467 g/mol. The van der Waals surface area contributed by atoms with Gasteiger partial charge in [-0.3, -0.25) is 5.10 Å². The van der Waals surface area contributed by atoms with Gasteiger partial charge in [-0.2, -0.15) is 10.2 Å². The Hall–Kier alpha value is -3.21. The number of H-pyrrole nitrogens is 1. The largest absolute Gasteiger partial charge is 0.441 e. The summed E-state index contributed by atoms with van der Waals surface area (Å²) in [6, 6.07) is 1.70. The summed E-state index contributed by atoms with van der Waals surface area (Å²) in [7, 11) is 0. The molecule has 5 aliphatic rings. The maximum Gasteiger partial charge on any atom is 0.408 e. The highest BCUT2D eigenvalue weighted by atomic mass is 19.1. The highest BCUT2D eigenvalue weighted by Crippen LogP contribution is 2.57. The van der Waals surface area contributed by atoms with Gasteiger partial charge in [-0.1, -0.05) is 0 Å². The number of carbonyl (C=O) groups is 1. The molecule has 178 valence electrons. The lowest BCUT2D eigenvalue weighted by molar-refractivity contribution is -0.0528.